The topological polar surface area (TPSA) is 76.9 Å². The summed E-state index contributed by atoms with van der Waals surface area (Å²) < 4.78 is 15.3. The molecule has 0 saturated carbocycles. The Kier molecular flexibility index (Phi) is 4.83. The fourth-order valence-corrected chi connectivity index (χ4v) is 3.64. The van der Waals surface area contributed by atoms with Gasteiger partial charge in [-0.2, -0.15) is 0 Å². The highest BCUT2D eigenvalue weighted by Crippen LogP contribution is 2.24. The number of nitrogens with one attached hydrogen (secondary N) is 1. The van der Waals surface area contributed by atoms with E-state index < -0.39 is 11.7 Å². The first-order valence-electron chi connectivity index (χ1n) is 6.63. The third-order valence-electron chi connectivity index (χ3n) is 3.06. The second-order valence-electron chi connectivity index (χ2n) is 4.69. The number of anilines is 1. The van der Waals surface area contributed by atoms with Crippen molar-refractivity contribution in [3.8, 4) is 0 Å². The third-order valence-corrected chi connectivity index (χ3v) is 5.39. The van der Waals surface area contributed by atoms with Crippen molar-refractivity contribution in [3.05, 3.63) is 45.7 Å². The molecule has 0 unspecified atom stereocenters. The number of hydrogen-bond acceptors (Lipinski definition) is 6. The van der Waals surface area contributed by atoms with Crippen LogP contribution in [0.3, 0.4) is 0 Å². The maximum absolute atomic E-state index is 13.0. The van der Waals surface area contributed by atoms with Crippen LogP contribution in [0.5, 0.6) is 0 Å². The molecule has 0 aliphatic carbocycles. The van der Waals surface area contributed by atoms with Gasteiger partial charge in [-0.15, -0.1) is 11.3 Å². The number of halogens is 2. The molecule has 2 heterocycles. The zero-order chi connectivity index (χ0) is 17.3. The molecule has 0 bridgehead atoms. The number of fused-ring (bicyclic) bond motifs is 1. The molecule has 6 nitrogen and oxygen atoms in total. The van der Waals surface area contributed by atoms with Crippen LogP contribution < -0.4 is 10.9 Å². The molecule has 1 aromatic carbocycles. The van der Waals surface area contributed by atoms with E-state index in [4.69, 9.17) is 11.6 Å². The molecule has 2 aromatic heterocycles. The van der Waals surface area contributed by atoms with Crippen molar-refractivity contribution in [2.45, 2.75) is 10.9 Å². The number of carbonyl (C=O) groups excluding carboxylic acids is 1. The lowest BCUT2D eigenvalue weighted by atomic mass is 10.3. The Morgan fingerprint density at radius 3 is 3.00 bits per heavy atom. The lowest BCUT2D eigenvalue weighted by molar-refractivity contribution is -0.116. The predicted octanol–water partition coefficient (Wildman–Crippen LogP) is 3.01. The van der Waals surface area contributed by atoms with E-state index in [2.05, 4.69) is 15.3 Å². The summed E-state index contributed by atoms with van der Waals surface area (Å²) in [6.45, 7) is -0.234. The summed E-state index contributed by atoms with van der Waals surface area (Å²) in [5.41, 5.74) is 0.304. The molecule has 24 heavy (non-hydrogen) atoms. The summed E-state index contributed by atoms with van der Waals surface area (Å²) in [4.78, 5) is 32.8. The number of amides is 1. The van der Waals surface area contributed by atoms with Gasteiger partial charge < -0.3 is 5.32 Å². The highest BCUT2D eigenvalue weighted by molar-refractivity contribution is 8.00. The van der Waals surface area contributed by atoms with Gasteiger partial charge in [-0.25, -0.2) is 14.4 Å². The molecule has 0 aliphatic heterocycles. The Morgan fingerprint density at radius 2 is 2.29 bits per heavy atom. The molecule has 124 valence electrons. The van der Waals surface area contributed by atoms with Crippen LogP contribution in [-0.2, 0) is 11.3 Å². The fourth-order valence-electron chi connectivity index (χ4n) is 1.96. The molecule has 0 spiro atoms. The van der Waals surface area contributed by atoms with Crippen molar-refractivity contribution in [3.63, 3.8) is 0 Å². The zero-order valence-corrected chi connectivity index (χ0v) is 14.6. The van der Waals surface area contributed by atoms with Gasteiger partial charge in [-0.3, -0.25) is 14.2 Å². The van der Waals surface area contributed by atoms with Gasteiger partial charge >= 0.3 is 0 Å². The highest BCUT2D eigenvalue weighted by atomic mass is 35.5. The smallest absolute Gasteiger partial charge is 0.273 e. The van der Waals surface area contributed by atoms with Gasteiger partial charge in [0.1, 0.15) is 23.4 Å². The first-order chi connectivity index (χ1) is 11.5. The maximum atomic E-state index is 13.0. The van der Waals surface area contributed by atoms with E-state index >= 15 is 0 Å². The molecular formula is C14H10ClFN4O2S2. The Labute approximate surface area is 148 Å². The number of nitrogens with zero attached hydrogens (tertiary/aromatic N) is 3. The number of benzene rings is 1. The van der Waals surface area contributed by atoms with Gasteiger partial charge in [-0.1, -0.05) is 23.4 Å². The molecule has 1 amide bonds. The molecule has 3 aromatic rings. The van der Waals surface area contributed by atoms with E-state index in [1.807, 2.05) is 6.26 Å². The van der Waals surface area contributed by atoms with Crippen molar-refractivity contribution < 1.29 is 9.18 Å². The van der Waals surface area contributed by atoms with E-state index in [1.54, 1.807) is 0 Å². The van der Waals surface area contributed by atoms with Crippen LogP contribution in [0.15, 0.2) is 33.7 Å². The Morgan fingerprint density at radius 1 is 1.50 bits per heavy atom. The van der Waals surface area contributed by atoms with E-state index in [0.29, 0.717) is 10.3 Å². The summed E-state index contributed by atoms with van der Waals surface area (Å²) in [5.74, 6) is -0.972. The minimum Gasteiger partial charge on any atom is -0.323 e. The second kappa shape index (κ2) is 6.88. The molecule has 0 aliphatic rings. The molecular weight excluding hydrogens is 375 g/mol. The number of rotatable bonds is 4. The van der Waals surface area contributed by atoms with Crippen LogP contribution in [0.25, 0.3) is 10.3 Å². The van der Waals surface area contributed by atoms with Crippen LogP contribution in [0.2, 0.25) is 5.02 Å². The Hall–Kier alpha value is -1.97. The quantitative estimate of drug-likeness (QED) is 0.700. The van der Waals surface area contributed by atoms with E-state index in [9.17, 15) is 14.0 Å². The molecule has 10 heteroatoms. The molecule has 0 saturated heterocycles. The predicted molar refractivity (Wildman–Crippen MR) is 93.5 cm³/mol. The Bertz CT molecular complexity index is 989. The number of aromatic nitrogens is 3. The first-order valence-corrected chi connectivity index (χ1v) is 9.04. The molecule has 0 fully saturated rings. The van der Waals surface area contributed by atoms with Gasteiger partial charge in [0, 0.05) is 0 Å². The van der Waals surface area contributed by atoms with Crippen LogP contribution >= 0.6 is 34.7 Å². The molecule has 1 N–H and O–H groups in total. The normalized spacial score (nSPS) is 11.0. The standard InChI is InChI=1S/C14H10ClFN4O2S2/c1-23-14-19-12-11(24-14)13(22)20(6-17-12)5-10(21)18-9-3-2-7(16)4-8(9)15/h2-4,6H,5H2,1H3,(H,18,21). The Balaban J connectivity index is 1.82. The molecule has 3 rings (SSSR count). The van der Waals surface area contributed by atoms with Crippen molar-refractivity contribution >= 4 is 56.6 Å². The fraction of sp³-hybridized carbons (Fsp3) is 0.143. The van der Waals surface area contributed by atoms with Gasteiger partial charge in [0.2, 0.25) is 5.91 Å². The van der Waals surface area contributed by atoms with Gasteiger partial charge in [0.25, 0.3) is 5.56 Å². The summed E-state index contributed by atoms with van der Waals surface area (Å²) in [5, 5.41) is 2.62. The van der Waals surface area contributed by atoms with Crippen LogP contribution in [-0.4, -0.2) is 26.7 Å². The summed E-state index contributed by atoms with van der Waals surface area (Å²) in [7, 11) is 0. The largest absolute Gasteiger partial charge is 0.323 e. The van der Waals surface area contributed by atoms with E-state index in [-0.39, 0.29) is 22.8 Å². The average molecular weight is 385 g/mol. The van der Waals surface area contributed by atoms with Crippen molar-refractivity contribution in [1.82, 2.24) is 14.5 Å². The molecule has 0 radical (unpaired) electrons. The van der Waals surface area contributed by atoms with Crippen molar-refractivity contribution in [2.75, 3.05) is 11.6 Å². The maximum Gasteiger partial charge on any atom is 0.273 e. The molecule has 0 atom stereocenters. The first kappa shape index (κ1) is 16.9. The van der Waals surface area contributed by atoms with E-state index in [0.717, 1.165) is 10.4 Å². The number of thiazole rings is 1. The summed E-state index contributed by atoms with van der Waals surface area (Å²) in [6.07, 6.45) is 3.14. The zero-order valence-electron chi connectivity index (χ0n) is 12.2. The summed E-state index contributed by atoms with van der Waals surface area (Å²) in [6, 6.07) is 3.63. The lowest BCUT2D eigenvalue weighted by Crippen LogP contribution is -2.27. The average Bonchev–Trinajstić information content (AvgIpc) is 2.97. The van der Waals surface area contributed by atoms with Gasteiger partial charge in [0.15, 0.2) is 9.99 Å². The van der Waals surface area contributed by atoms with Crippen molar-refractivity contribution in [2.24, 2.45) is 0 Å². The SMILES string of the molecule is CSc1nc2ncn(CC(=O)Nc3ccc(F)cc3Cl)c(=O)c2s1. The third kappa shape index (κ3) is 3.42. The van der Waals surface area contributed by atoms with E-state index in [1.165, 1.54) is 46.1 Å². The monoisotopic (exact) mass is 384 g/mol. The number of hydrogen-bond donors (Lipinski definition) is 1. The van der Waals surface area contributed by atoms with Crippen LogP contribution in [0, 0.1) is 5.82 Å². The van der Waals surface area contributed by atoms with Gasteiger partial charge in [0.05, 0.1) is 10.7 Å². The lowest BCUT2D eigenvalue weighted by Gasteiger charge is -2.08. The highest BCUT2D eigenvalue weighted by Gasteiger charge is 2.13. The minimum atomic E-state index is -0.501. The van der Waals surface area contributed by atoms with Gasteiger partial charge in [-0.05, 0) is 24.5 Å². The number of thioether (sulfide) groups is 1. The summed E-state index contributed by atoms with van der Waals surface area (Å²) >= 11 is 8.52. The minimum absolute atomic E-state index is 0.0799. The van der Waals surface area contributed by atoms with Crippen LogP contribution in [0.4, 0.5) is 10.1 Å². The number of carbonyl (C=O) groups is 1. The van der Waals surface area contributed by atoms with Crippen LogP contribution in [0.1, 0.15) is 0 Å². The van der Waals surface area contributed by atoms with Crippen molar-refractivity contribution in [1.29, 1.82) is 0 Å². The second-order valence-corrected chi connectivity index (χ2v) is 7.15.